The molecular weight excluding hydrogens is 234 g/mol. The van der Waals surface area contributed by atoms with Gasteiger partial charge < -0.3 is 5.32 Å². The van der Waals surface area contributed by atoms with Gasteiger partial charge in [-0.15, -0.1) is 0 Å². The largest absolute Gasteiger partial charge is 0.377 e. The van der Waals surface area contributed by atoms with E-state index in [0.717, 1.165) is 11.3 Å². The quantitative estimate of drug-likeness (QED) is 0.892. The number of anilines is 1. The van der Waals surface area contributed by atoms with Crippen LogP contribution >= 0.6 is 0 Å². The lowest BCUT2D eigenvalue weighted by Gasteiger charge is -2.18. The molecule has 94 valence electrons. The minimum Gasteiger partial charge on any atom is -0.377 e. The molecular formula is C14H14F2N2. The lowest BCUT2D eigenvalue weighted by molar-refractivity contribution is 0.544. The lowest BCUT2D eigenvalue weighted by Crippen LogP contribution is -2.11. The van der Waals surface area contributed by atoms with Crippen molar-refractivity contribution in [2.45, 2.75) is 19.9 Å². The van der Waals surface area contributed by atoms with Gasteiger partial charge in [-0.25, -0.2) is 8.78 Å². The Morgan fingerprint density at radius 1 is 1.17 bits per heavy atom. The van der Waals surface area contributed by atoms with Crippen molar-refractivity contribution >= 4 is 5.69 Å². The monoisotopic (exact) mass is 248 g/mol. The Morgan fingerprint density at radius 2 is 1.83 bits per heavy atom. The Hall–Kier alpha value is -1.97. The van der Waals surface area contributed by atoms with E-state index in [1.807, 2.05) is 13.0 Å². The maximum atomic E-state index is 13.6. The zero-order valence-electron chi connectivity index (χ0n) is 10.2. The number of halogens is 2. The van der Waals surface area contributed by atoms with Crippen LogP contribution in [0.2, 0.25) is 0 Å². The number of hydrogen-bond donors (Lipinski definition) is 1. The summed E-state index contributed by atoms with van der Waals surface area (Å²) in [4.78, 5) is 3.99. The van der Waals surface area contributed by atoms with Crippen molar-refractivity contribution in [3.63, 3.8) is 0 Å². The first-order valence-corrected chi connectivity index (χ1v) is 5.70. The second-order valence-electron chi connectivity index (χ2n) is 4.19. The number of nitrogens with zero attached hydrogens (tertiary/aromatic N) is 1. The number of rotatable bonds is 3. The average molecular weight is 248 g/mol. The molecule has 0 saturated carbocycles. The zero-order valence-corrected chi connectivity index (χ0v) is 10.2. The van der Waals surface area contributed by atoms with E-state index in [4.69, 9.17) is 0 Å². The van der Waals surface area contributed by atoms with E-state index in [9.17, 15) is 8.78 Å². The average Bonchev–Trinajstić information content (AvgIpc) is 2.32. The molecule has 2 nitrogen and oxygen atoms in total. The molecule has 18 heavy (non-hydrogen) atoms. The first-order valence-electron chi connectivity index (χ1n) is 5.70. The van der Waals surface area contributed by atoms with Crippen molar-refractivity contribution in [1.82, 2.24) is 4.98 Å². The van der Waals surface area contributed by atoms with Crippen LogP contribution in [0, 0.1) is 18.6 Å². The summed E-state index contributed by atoms with van der Waals surface area (Å²) in [5.74, 6) is -1.09. The van der Waals surface area contributed by atoms with Gasteiger partial charge in [0.2, 0.25) is 0 Å². The summed E-state index contributed by atoms with van der Waals surface area (Å²) in [5, 5.41) is 3.07. The van der Waals surface area contributed by atoms with Gasteiger partial charge in [-0.2, -0.15) is 0 Å². The molecule has 0 spiro atoms. The van der Waals surface area contributed by atoms with Gasteiger partial charge in [0.15, 0.2) is 0 Å². The Balaban J connectivity index is 2.28. The fourth-order valence-electron chi connectivity index (χ4n) is 1.84. The van der Waals surface area contributed by atoms with Crippen LogP contribution in [0.15, 0.2) is 36.7 Å². The van der Waals surface area contributed by atoms with Crippen molar-refractivity contribution in [2.75, 3.05) is 5.32 Å². The highest BCUT2D eigenvalue weighted by Crippen LogP contribution is 2.25. The fraction of sp³-hybridized carbons (Fsp3) is 0.214. The normalized spacial score (nSPS) is 12.2. The second-order valence-corrected chi connectivity index (χ2v) is 4.19. The molecule has 0 saturated heterocycles. The van der Waals surface area contributed by atoms with Gasteiger partial charge in [0, 0.05) is 11.8 Å². The standard InChI is InChI=1S/C14H14F2N2/c1-9-6-7-17-8-13(9)18-10(2)14-11(15)4-3-5-12(14)16/h3-8,10,18H,1-2H3. The predicted molar refractivity (Wildman–Crippen MR) is 67.4 cm³/mol. The molecule has 2 aromatic rings. The first kappa shape index (κ1) is 12.5. The Bertz CT molecular complexity index is 535. The summed E-state index contributed by atoms with van der Waals surface area (Å²) in [7, 11) is 0. The first-order chi connectivity index (χ1) is 8.59. The Kier molecular flexibility index (Phi) is 3.55. The predicted octanol–water partition coefficient (Wildman–Crippen LogP) is 3.84. The molecule has 1 unspecified atom stereocenters. The van der Waals surface area contributed by atoms with Gasteiger partial charge in [-0.05, 0) is 37.6 Å². The Labute approximate surface area is 105 Å². The third-order valence-electron chi connectivity index (χ3n) is 2.84. The van der Waals surface area contributed by atoms with E-state index >= 15 is 0 Å². The van der Waals surface area contributed by atoms with E-state index in [1.165, 1.54) is 18.2 Å². The maximum Gasteiger partial charge on any atom is 0.131 e. The summed E-state index contributed by atoms with van der Waals surface area (Å²) >= 11 is 0. The number of benzene rings is 1. The molecule has 1 aromatic carbocycles. The van der Waals surface area contributed by atoms with Crippen molar-refractivity contribution in [2.24, 2.45) is 0 Å². The summed E-state index contributed by atoms with van der Waals surface area (Å²) in [5.41, 5.74) is 1.79. The van der Waals surface area contributed by atoms with Crippen LogP contribution < -0.4 is 5.32 Å². The molecule has 0 radical (unpaired) electrons. The van der Waals surface area contributed by atoms with Gasteiger partial charge in [-0.3, -0.25) is 4.98 Å². The molecule has 0 amide bonds. The molecule has 1 N–H and O–H groups in total. The summed E-state index contributed by atoms with van der Waals surface area (Å²) in [6, 6.07) is 5.25. The van der Waals surface area contributed by atoms with Gasteiger partial charge in [-0.1, -0.05) is 6.07 Å². The highest BCUT2D eigenvalue weighted by atomic mass is 19.1. The molecule has 0 aliphatic heterocycles. The topological polar surface area (TPSA) is 24.9 Å². The van der Waals surface area contributed by atoms with Crippen LogP contribution in [0.5, 0.6) is 0 Å². The molecule has 2 rings (SSSR count). The SMILES string of the molecule is Cc1ccncc1NC(C)c1c(F)cccc1F. The number of hydrogen-bond acceptors (Lipinski definition) is 2. The van der Waals surface area contributed by atoms with E-state index in [1.54, 1.807) is 19.3 Å². The molecule has 4 heteroatoms. The van der Waals surface area contributed by atoms with Crippen molar-refractivity contribution in [1.29, 1.82) is 0 Å². The molecule has 0 aliphatic rings. The molecule has 0 fully saturated rings. The summed E-state index contributed by atoms with van der Waals surface area (Å²) in [6.45, 7) is 3.63. The van der Waals surface area contributed by atoms with Crippen molar-refractivity contribution in [3.8, 4) is 0 Å². The summed E-state index contributed by atoms with van der Waals surface area (Å²) in [6.07, 6.45) is 3.32. The lowest BCUT2D eigenvalue weighted by atomic mass is 10.1. The molecule has 1 heterocycles. The van der Waals surface area contributed by atoms with Crippen molar-refractivity contribution in [3.05, 3.63) is 59.4 Å². The van der Waals surface area contributed by atoms with Crippen LogP contribution in [0.1, 0.15) is 24.1 Å². The van der Waals surface area contributed by atoms with Crippen LogP contribution in [0.4, 0.5) is 14.5 Å². The van der Waals surface area contributed by atoms with Crippen LogP contribution in [-0.2, 0) is 0 Å². The van der Waals surface area contributed by atoms with Crippen LogP contribution in [0.25, 0.3) is 0 Å². The summed E-state index contributed by atoms with van der Waals surface area (Å²) < 4.78 is 27.2. The van der Waals surface area contributed by atoms with Crippen molar-refractivity contribution < 1.29 is 8.78 Å². The smallest absolute Gasteiger partial charge is 0.131 e. The number of aryl methyl sites for hydroxylation is 1. The molecule has 1 atom stereocenters. The van der Waals surface area contributed by atoms with Gasteiger partial charge in [0.25, 0.3) is 0 Å². The fourth-order valence-corrected chi connectivity index (χ4v) is 1.84. The van der Waals surface area contributed by atoms with E-state index in [2.05, 4.69) is 10.3 Å². The van der Waals surface area contributed by atoms with E-state index in [0.29, 0.717) is 0 Å². The molecule has 0 aliphatic carbocycles. The molecule has 1 aromatic heterocycles. The Morgan fingerprint density at radius 3 is 2.44 bits per heavy atom. The maximum absolute atomic E-state index is 13.6. The van der Waals surface area contributed by atoms with Crippen LogP contribution in [-0.4, -0.2) is 4.98 Å². The van der Waals surface area contributed by atoms with Crippen LogP contribution in [0.3, 0.4) is 0 Å². The molecule has 0 bridgehead atoms. The highest BCUT2D eigenvalue weighted by Gasteiger charge is 2.16. The van der Waals surface area contributed by atoms with E-state index < -0.39 is 17.7 Å². The van der Waals surface area contributed by atoms with E-state index in [-0.39, 0.29) is 5.56 Å². The minimum absolute atomic E-state index is 0.0424. The third-order valence-corrected chi connectivity index (χ3v) is 2.84. The third kappa shape index (κ3) is 2.47. The van der Waals surface area contributed by atoms with Gasteiger partial charge in [0.05, 0.1) is 17.9 Å². The van der Waals surface area contributed by atoms with Gasteiger partial charge >= 0.3 is 0 Å². The number of pyridine rings is 1. The minimum atomic E-state index is -0.545. The second kappa shape index (κ2) is 5.12. The number of aromatic nitrogens is 1. The number of nitrogens with one attached hydrogen (secondary N) is 1. The van der Waals surface area contributed by atoms with Gasteiger partial charge in [0.1, 0.15) is 11.6 Å². The highest BCUT2D eigenvalue weighted by molar-refractivity contribution is 5.49. The zero-order chi connectivity index (χ0) is 13.1.